The number of nitrogens with zero attached hydrogens (tertiary/aromatic N) is 5. The van der Waals surface area contributed by atoms with Crippen LogP contribution in [0.25, 0.3) is 16.8 Å². The minimum absolute atomic E-state index is 0.0738. The summed E-state index contributed by atoms with van der Waals surface area (Å²) in [6.45, 7) is 4.66. The van der Waals surface area contributed by atoms with Gasteiger partial charge in [-0.05, 0) is 57.0 Å². The first-order valence-corrected chi connectivity index (χ1v) is 11.2. The number of methoxy groups -OCH3 is 1. The Morgan fingerprint density at radius 2 is 1.85 bits per heavy atom. The number of piperidine rings is 1. The Labute approximate surface area is 196 Å². The van der Waals surface area contributed by atoms with Crippen molar-refractivity contribution in [2.45, 2.75) is 39.3 Å². The van der Waals surface area contributed by atoms with Gasteiger partial charge in [-0.3, -0.25) is 9.59 Å². The van der Waals surface area contributed by atoms with E-state index in [0.29, 0.717) is 49.6 Å². The van der Waals surface area contributed by atoms with E-state index in [-0.39, 0.29) is 24.6 Å². The number of carbonyl (C=O) groups is 2. The predicted octanol–water partition coefficient (Wildman–Crippen LogP) is 1.61. The monoisotopic (exact) mass is 468 g/mol. The van der Waals surface area contributed by atoms with Gasteiger partial charge in [0.05, 0.1) is 19.4 Å². The van der Waals surface area contributed by atoms with Crippen LogP contribution in [0.2, 0.25) is 0 Å². The summed E-state index contributed by atoms with van der Waals surface area (Å²) in [5, 5.41) is 11.7. The molecule has 3 aromatic rings. The molecule has 2 aromatic heterocycles. The third-order valence-electron chi connectivity index (χ3n) is 5.80. The minimum atomic E-state index is -0.398. The fraction of sp³-hybridized carbons (Fsp3) is 0.435. The zero-order chi connectivity index (χ0) is 24.2. The van der Waals surface area contributed by atoms with E-state index < -0.39 is 5.56 Å². The molecule has 11 heteroatoms. The number of amides is 2. The molecule has 3 heterocycles. The second kappa shape index (κ2) is 9.94. The quantitative estimate of drug-likeness (QED) is 0.584. The highest BCUT2D eigenvalue weighted by Crippen LogP contribution is 2.22. The number of aryl methyl sites for hydroxylation is 1. The molecular weight excluding hydrogens is 440 g/mol. The molecule has 1 saturated heterocycles. The van der Waals surface area contributed by atoms with Gasteiger partial charge in [-0.15, -0.1) is 0 Å². The molecule has 1 aliphatic heterocycles. The van der Waals surface area contributed by atoms with Gasteiger partial charge in [-0.1, -0.05) is 0 Å². The van der Waals surface area contributed by atoms with Crippen molar-refractivity contribution in [3.05, 3.63) is 46.5 Å². The van der Waals surface area contributed by atoms with Crippen molar-refractivity contribution in [1.82, 2.24) is 29.6 Å². The Morgan fingerprint density at radius 1 is 1.15 bits per heavy atom. The van der Waals surface area contributed by atoms with Gasteiger partial charge in [0.25, 0.3) is 5.56 Å². The molecule has 180 valence electrons. The Hall–Kier alpha value is -3.89. The van der Waals surface area contributed by atoms with Gasteiger partial charge >= 0.3 is 6.09 Å². The van der Waals surface area contributed by atoms with Gasteiger partial charge in [-0.25, -0.2) is 14.0 Å². The Bertz CT molecular complexity index is 1240. The number of carbonyl (C=O) groups excluding carboxylic acids is 2. The van der Waals surface area contributed by atoms with E-state index in [0.717, 1.165) is 16.0 Å². The number of hydrogen-bond acceptors (Lipinski definition) is 7. The largest absolute Gasteiger partial charge is 0.497 e. The average molecular weight is 469 g/mol. The van der Waals surface area contributed by atoms with E-state index in [1.807, 2.05) is 24.3 Å². The van der Waals surface area contributed by atoms with Crippen LogP contribution in [-0.4, -0.2) is 69.1 Å². The van der Waals surface area contributed by atoms with Crippen molar-refractivity contribution in [2.75, 3.05) is 26.8 Å². The van der Waals surface area contributed by atoms with Crippen LogP contribution in [0, 0.1) is 6.92 Å². The summed E-state index contributed by atoms with van der Waals surface area (Å²) in [5.74, 6) is 0.915. The van der Waals surface area contributed by atoms with Crippen LogP contribution in [0.3, 0.4) is 0 Å². The maximum absolute atomic E-state index is 13.0. The highest BCUT2D eigenvalue weighted by molar-refractivity contribution is 5.76. The maximum atomic E-state index is 13.0. The summed E-state index contributed by atoms with van der Waals surface area (Å²) in [6, 6.07) is 8.99. The highest BCUT2D eigenvalue weighted by atomic mass is 16.6. The molecular formula is C23H28N6O5. The lowest BCUT2D eigenvalue weighted by Gasteiger charge is -2.31. The molecule has 2 amide bonds. The number of benzene rings is 1. The molecule has 1 aliphatic rings. The second-order valence-corrected chi connectivity index (χ2v) is 8.09. The van der Waals surface area contributed by atoms with Crippen LogP contribution in [0.4, 0.5) is 4.79 Å². The molecule has 0 radical (unpaired) electrons. The van der Waals surface area contributed by atoms with Crippen molar-refractivity contribution < 1.29 is 19.1 Å². The molecule has 4 rings (SSSR count). The first-order chi connectivity index (χ1) is 16.4. The standard InChI is InChI=1S/C23H28N6O5/c1-4-34-23(32)27-11-9-17(10-12-27)24-21(30)14-28-22(31)20-13-19(26-29(20)15(2)25-28)16-5-7-18(33-3)8-6-16/h5-8,13,17H,4,9-12,14H2,1-3H3,(H,24,30). The summed E-state index contributed by atoms with van der Waals surface area (Å²) in [7, 11) is 1.60. The van der Waals surface area contributed by atoms with Gasteiger partial charge in [0.15, 0.2) is 0 Å². The molecule has 11 nitrogen and oxygen atoms in total. The Kier molecular flexibility index (Phi) is 6.80. The lowest BCUT2D eigenvalue weighted by atomic mass is 10.1. The van der Waals surface area contributed by atoms with Gasteiger partial charge in [0, 0.05) is 24.7 Å². The maximum Gasteiger partial charge on any atom is 0.409 e. The smallest absolute Gasteiger partial charge is 0.409 e. The van der Waals surface area contributed by atoms with Crippen LogP contribution in [-0.2, 0) is 16.1 Å². The third kappa shape index (κ3) is 4.87. The Balaban J connectivity index is 1.45. The molecule has 0 spiro atoms. The van der Waals surface area contributed by atoms with Crippen molar-refractivity contribution in [1.29, 1.82) is 0 Å². The van der Waals surface area contributed by atoms with E-state index in [2.05, 4.69) is 15.5 Å². The molecule has 34 heavy (non-hydrogen) atoms. The van der Waals surface area contributed by atoms with Gasteiger partial charge in [0.2, 0.25) is 5.91 Å². The fourth-order valence-corrected chi connectivity index (χ4v) is 4.02. The number of ether oxygens (including phenoxy) is 2. The summed E-state index contributed by atoms with van der Waals surface area (Å²) in [4.78, 5) is 39.1. The lowest BCUT2D eigenvalue weighted by molar-refractivity contribution is -0.122. The summed E-state index contributed by atoms with van der Waals surface area (Å²) < 4.78 is 12.8. The summed E-state index contributed by atoms with van der Waals surface area (Å²) in [5.41, 5.74) is 1.40. The van der Waals surface area contributed by atoms with Crippen LogP contribution in [0.1, 0.15) is 25.6 Å². The van der Waals surface area contributed by atoms with E-state index in [1.165, 1.54) is 4.52 Å². The van der Waals surface area contributed by atoms with Crippen LogP contribution in [0.5, 0.6) is 5.75 Å². The molecule has 1 fully saturated rings. The first kappa shape index (κ1) is 23.3. The number of fused-ring (bicyclic) bond motifs is 1. The van der Waals surface area contributed by atoms with Gasteiger partial charge in [0.1, 0.15) is 23.6 Å². The molecule has 1 N–H and O–H groups in total. The Morgan fingerprint density at radius 3 is 2.50 bits per heavy atom. The van der Waals surface area contributed by atoms with Crippen molar-refractivity contribution in [2.24, 2.45) is 0 Å². The van der Waals surface area contributed by atoms with E-state index in [4.69, 9.17) is 9.47 Å². The average Bonchev–Trinajstić information content (AvgIpc) is 3.29. The fourth-order valence-electron chi connectivity index (χ4n) is 4.02. The van der Waals surface area contributed by atoms with E-state index in [1.54, 1.807) is 31.9 Å². The lowest BCUT2D eigenvalue weighted by Crippen LogP contribution is -2.48. The number of hydrogen-bond donors (Lipinski definition) is 1. The zero-order valence-corrected chi connectivity index (χ0v) is 19.5. The minimum Gasteiger partial charge on any atom is -0.497 e. The second-order valence-electron chi connectivity index (χ2n) is 8.09. The number of likely N-dealkylation sites (tertiary alicyclic amines) is 1. The number of nitrogens with one attached hydrogen (secondary N) is 1. The summed E-state index contributed by atoms with van der Waals surface area (Å²) >= 11 is 0. The van der Waals surface area contributed by atoms with Crippen LogP contribution < -0.4 is 15.6 Å². The van der Waals surface area contributed by atoms with Crippen molar-refractivity contribution in [3.8, 4) is 17.0 Å². The summed E-state index contributed by atoms with van der Waals surface area (Å²) in [6.07, 6.45) is 0.916. The normalized spacial score (nSPS) is 14.3. The molecule has 0 aliphatic carbocycles. The molecule has 0 atom stereocenters. The molecule has 0 bridgehead atoms. The number of rotatable bonds is 6. The molecule has 0 unspecified atom stereocenters. The first-order valence-electron chi connectivity index (χ1n) is 11.2. The number of aromatic nitrogens is 4. The van der Waals surface area contributed by atoms with Gasteiger partial charge < -0.3 is 19.7 Å². The zero-order valence-electron chi connectivity index (χ0n) is 19.5. The SMILES string of the molecule is CCOC(=O)N1CCC(NC(=O)Cn2nc(C)n3nc(-c4ccc(OC)cc4)cc3c2=O)CC1. The van der Waals surface area contributed by atoms with Crippen molar-refractivity contribution in [3.63, 3.8) is 0 Å². The van der Waals surface area contributed by atoms with Crippen LogP contribution >= 0.6 is 0 Å². The van der Waals surface area contributed by atoms with E-state index in [9.17, 15) is 14.4 Å². The predicted molar refractivity (Wildman–Crippen MR) is 124 cm³/mol. The third-order valence-corrected chi connectivity index (χ3v) is 5.80. The molecule has 1 aromatic carbocycles. The van der Waals surface area contributed by atoms with Crippen LogP contribution in [0.15, 0.2) is 35.1 Å². The van der Waals surface area contributed by atoms with E-state index >= 15 is 0 Å². The van der Waals surface area contributed by atoms with Crippen molar-refractivity contribution >= 4 is 17.5 Å². The van der Waals surface area contributed by atoms with Gasteiger partial charge in [-0.2, -0.15) is 10.2 Å². The molecule has 0 saturated carbocycles. The topological polar surface area (TPSA) is 120 Å². The highest BCUT2D eigenvalue weighted by Gasteiger charge is 2.25.